The molecule has 0 amide bonds. The van der Waals surface area contributed by atoms with Crippen LogP contribution >= 0.6 is 0 Å². The Morgan fingerprint density at radius 1 is 1.24 bits per heavy atom. The highest BCUT2D eigenvalue weighted by molar-refractivity contribution is 5.27. The van der Waals surface area contributed by atoms with E-state index in [2.05, 4.69) is 43.4 Å². The normalized spacial score (nSPS) is 22.2. The monoisotopic (exact) mass is 291 g/mol. The quantitative estimate of drug-likeness (QED) is 0.737. The molecule has 1 atom stereocenters. The lowest BCUT2D eigenvalue weighted by Crippen LogP contribution is -2.48. The van der Waals surface area contributed by atoms with Crippen LogP contribution in [0.15, 0.2) is 24.3 Å². The number of ether oxygens (including phenoxy) is 2. The Labute approximate surface area is 129 Å². The summed E-state index contributed by atoms with van der Waals surface area (Å²) >= 11 is 0. The van der Waals surface area contributed by atoms with Crippen molar-refractivity contribution in [1.82, 2.24) is 5.32 Å². The highest BCUT2D eigenvalue weighted by Crippen LogP contribution is 2.19. The molecule has 3 nitrogen and oxygen atoms in total. The molecule has 118 valence electrons. The zero-order chi connectivity index (χ0) is 15.0. The first-order chi connectivity index (χ1) is 10.2. The van der Waals surface area contributed by atoms with Gasteiger partial charge >= 0.3 is 0 Å². The van der Waals surface area contributed by atoms with Crippen LogP contribution in [0.2, 0.25) is 0 Å². The topological polar surface area (TPSA) is 30.5 Å². The van der Waals surface area contributed by atoms with Crippen LogP contribution in [0.5, 0.6) is 5.75 Å². The van der Waals surface area contributed by atoms with Crippen molar-refractivity contribution in [2.75, 3.05) is 19.8 Å². The van der Waals surface area contributed by atoms with Gasteiger partial charge in [-0.05, 0) is 43.9 Å². The summed E-state index contributed by atoms with van der Waals surface area (Å²) in [5.74, 6) is 0.974. The molecule has 2 rings (SSSR count). The minimum Gasteiger partial charge on any atom is -0.494 e. The molecule has 1 fully saturated rings. The third-order valence-corrected chi connectivity index (χ3v) is 4.10. The van der Waals surface area contributed by atoms with Gasteiger partial charge in [-0.2, -0.15) is 0 Å². The second kappa shape index (κ2) is 8.40. The lowest BCUT2D eigenvalue weighted by atomic mass is 9.94. The Morgan fingerprint density at radius 2 is 2.05 bits per heavy atom. The summed E-state index contributed by atoms with van der Waals surface area (Å²) < 4.78 is 11.3. The largest absolute Gasteiger partial charge is 0.494 e. The molecule has 3 heteroatoms. The summed E-state index contributed by atoms with van der Waals surface area (Å²) in [6, 6.07) is 8.44. The molecular weight excluding hydrogens is 262 g/mol. The SMILES string of the molecule is CCCCCOc1ccc(CNC2(C)CCCOC2)cc1. The molecule has 1 N–H and O–H groups in total. The number of hydrogen-bond acceptors (Lipinski definition) is 3. The molecule has 0 radical (unpaired) electrons. The highest BCUT2D eigenvalue weighted by Gasteiger charge is 2.26. The predicted molar refractivity (Wildman–Crippen MR) is 86.8 cm³/mol. The first-order valence-electron chi connectivity index (χ1n) is 8.26. The molecule has 1 aliphatic rings. The molecule has 1 unspecified atom stereocenters. The van der Waals surface area contributed by atoms with Crippen LogP contribution < -0.4 is 10.1 Å². The van der Waals surface area contributed by atoms with Gasteiger partial charge in [0, 0.05) is 18.7 Å². The summed E-state index contributed by atoms with van der Waals surface area (Å²) in [6.07, 6.45) is 5.94. The molecule has 1 aliphatic heterocycles. The number of unbranched alkanes of at least 4 members (excludes halogenated alkanes) is 2. The fraction of sp³-hybridized carbons (Fsp3) is 0.667. The molecule has 0 bridgehead atoms. The summed E-state index contributed by atoms with van der Waals surface area (Å²) in [5, 5.41) is 3.63. The third-order valence-electron chi connectivity index (χ3n) is 4.10. The molecule has 1 aromatic carbocycles. The van der Waals surface area contributed by atoms with E-state index in [1.54, 1.807) is 0 Å². The first-order valence-corrected chi connectivity index (χ1v) is 8.26. The van der Waals surface area contributed by atoms with Gasteiger partial charge < -0.3 is 14.8 Å². The average Bonchev–Trinajstić information content (AvgIpc) is 2.52. The molecule has 1 heterocycles. The Kier molecular flexibility index (Phi) is 6.52. The van der Waals surface area contributed by atoms with Crippen LogP contribution in [-0.4, -0.2) is 25.4 Å². The average molecular weight is 291 g/mol. The minimum absolute atomic E-state index is 0.119. The van der Waals surface area contributed by atoms with Gasteiger partial charge in [0.05, 0.1) is 13.2 Å². The summed E-state index contributed by atoms with van der Waals surface area (Å²) in [5.41, 5.74) is 1.41. The lowest BCUT2D eigenvalue weighted by molar-refractivity contribution is 0.0278. The van der Waals surface area contributed by atoms with Crippen molar-refractivity contribution >= 4 is 0 Å². The molecule has 0 aromatic heterocycles. The summed E-state index contributed by atoms with van der Waals surface area (Å²) in [6.45, 7) is 7.88. The van der Waals surface area contributed by atoms with E-state index >= 15 is 0 Å². The number of rotatable bonds is 8. The zero-order valence-corrected chi connectivity index (χ0v) is 13.5. The van der Waals surface area contributed by atoms with Crippen molar-refractivity contribution in [2.24, 2.45) is 0 Å². The van der Waals surface area contributed by atoms with Crippen molar-refractivity contribution in [3.63, 3.8) is 0 Å². The van der Waals surface area contributed by atoms with Gasteiger partial charge in [-0.3, -0.25) is 0 Å². The van der Waals surface area contributed by atoms with Crippen LogP contribution in [0.3, 0.4) is 0 Å². The van der Waals surface area contributed by atoms with Crippen LogP contribution in [0.1, 0.15) is 51.5 Å². The van der Waals surface area contributed by atoms with E-state index in [4.69, 9.17) is 9.47 Å². The Hall–Kier alpha value is -1.06. The molecule has 0 spiro atoms. The predicted octanol–water partition coefficient (Wildman–Crippen LogP) is 3.91. The molecular formula is C18H29NO2. The maximum Gasteiger partial charge on any atom is 0.119 e. The smallest absolute Gasteiger partial charge is 0.119 e. The van der Waals surface area contributed by atoms with E-state index in [-0.39, 0.29) is 5.54 Å². The molecule has 21 heavy (non-hydrogen) atoms. The van der Waals surface area contributed by atoms with Gasteiger partial charge in [0.2, 0.25) is 0 Å². The third kappa shape index (κ3) is 5.68. The van der Waals surface area contributed by atoms with Gasteiger partial charge in [0.1, 0.15) is 5.75 Å². The van der Waals surface area contributed by atoms with Crippen molar-refractivity contribution in [1.29, 1.82) is 0 Å². The van der Waals surface area contributed by atoms with Gasteiger partial charge in [0.15, 0.2) is 0 Å². The van der Waals surface area contributed by atoms with Crippen LogP contribution in [0, 0.1) is 0 Å². The van der Waals surface area contributed by atoms with Crippen molar-refractivity contribution in [3.8, 4) is 5.75 Å². The second-order valence-electron chi connectivity index (χ2n) is 6.27. The van der Waals surface area contributed by atoms with Crippen LogP contribution in [0.25, 0.3) is 0 Å². The van der Waals surface area contributed by atoms with E-state index in [1.165, 1.54) is 24.8 Å². The Bertz CT molecular complexity index is 396. The zero-order valence-electron chi connectivity index (χ0n) is 13.5. The Balaban J connectivity index is 1.74. The van der Waals surface area contributed by atoms with Gasteiger partial charge in [0.25, 0.3) is 0 Å². The Morgan fingerprint density at radius 3 is 2.71 bits per heavy atom. The van der Waals surface area contributed by atoms with Crippen LogP contribution in [0.4, 0.5) is 0 Å². The molecule has 1 saturated heterocycles. The van der Waals surface area contributed by atoms with E-state index in [0.717, 1.165) is 45.0 Å². The maximum atomic E-state index is 5.74. The first kappa shape index (κ1) is 16.3. The fourth-order valence-corrected chi connectivity index (χ4v) is 2.63. The summed E-state index contributed by atoms with van der Waals surface area (Å²) in [4.78, 5) is 0. The standard InChI is InChI=1S/C18H29NO2/c1-3-4-5-13-21-17-9-7-16(8-10-17)14-19-18(2)11-6-12-20-15-18/h7-10,19H,3-6,11-15H2,1-2H3. The van der Waals surface area contributed by atoms with Crippen molar-refractivity contribution < 1.29 is 9.47 Å². The van der Waals surface area contributed by atoms with Gasteiger partial charge in [-0.15, -0.1) is 0 Å². The van der Waals surface area contributed by atoms with E-state index < -0.39 is 0 Å². The lowest BCUT2D eigenvalue weighted by Gasteiger charge is -2.34. The number of hydrogen-bond donors (Lipinski definition) is 1. The molecule has 0 aliphatic carbocycles. The summed E-state index contributed by atoms with van der Waals surface area (Å²) in [7, 11) is 0. The van der Waals surface area contributed by atoms with E-state index in [9.17, 15) is 0 Å². The minimum atomic E-state index is 0.119. The second-order valence-corrected chi connectivity index (χ2v) is 6.27. The molecule has 1 aromatic rings. The number of benzene rings is 1. The van der Waals surface area contributed by atoms with Crippen molar-refractivity contribution in [2.45, 2.75) is 58.0 Å². The van der Waals surface area contributed by atoms with E-state index in [0.29, 0.717) is 0 Å². The van der Waals surface area contributed by atoms with E-state index in [1.807, 2.05) is 0 Å². The fourth-order valence-electron chi connectivity index (χ4n) is 2.63. The van der Waals surface area contributed by atoms with Gasteiger partial charge in [-0.25, -0.2) is 0 Å². The maximum absolute atomic E-state index is 5.74. The van der Waals surface area contributed by atoms with Crippen molar-refractivity contribution in [3.05, 3.63) is 29.8 Å². The number of nitrogens with one attached hydrogen (secondary N) is 1. The highest BCUT2D eigenvalue weighted by atomic mass is 16.5. The molecule has 0 saturated carbocycles. The van der Waals surface area contributed by atoms with Gasteiger partial charge in [-0.1, -0.05) is 31.9 Å². The van der Waals surface area contributed by atoms with Crippen LogP contribution in [-0.2, 0) is 11.3 Å².